The van der Waals surface area contributed by atoms with Gasteiger partial charge in [0, 0.05) is 37.9 Å². The van der Waals surface area contributed by atoms with Crippen molar-refractivity contribution in [3.63, 3.8) is 0 Å². The van der Waals surface area contributed by atoms with E-state index in [1.807, 2.05) is 18.2 Å². The van der Waals surface area contributed by atoms with E-state index in [0.717, 1.165) is 16.7 Å². The molecule has 2 aliphatic heterocycles. The van der Waals surface area contributed by atoms with Crippen LogP contribution in [0.5, 0.6) is 0 Å². The van der Waals surface area contributed by atoms with Crippen LogP contribution >= 0.6 is 0 Å². The molecular formula is C22H31N3O. The minimum absolute atomic E-state index is 0.0370. The van der Waals surface area contributed by atoms with Crippen molar-refractivity contribution < 1.29 is 4.79 Å². The number of nitrogens with one attached hydrogen (secondary N) is 1. The molecule has 0 radical (unpaired) electrons. The Morgan fingerprint density at radius 1 is 1.23 bits per heavy atom. The highest BCUT2D eigenvalue weighted by Gasteiger charge is 2.26. The van der Waals surface area contributed by atoms with Crippen LogP contribution in [-0.2, 0) is 0 Å². The van der Waals surface area contributed by atoms with Gasteiger partial charge in [-0.05, 0) is 69.0 Å². The van der Waals surface area contributed by atoms with Crippen LogP contribution in [0.4, 0.5) is 0 Å². The predicted molar refractivity (Wildman–Crippen MR) is 108 cm³/mol. The summed E-state index contributed by atoms with van der Waals surface area (Å²) in [5.41, 5.74) is 2.94. The number of amides is 1. The van der Waals surface area contributed by atoms with Gasteiger partial charge in [-0.15, -0.1) is 0 Å². The van der Waals surface area contributed by atoms with Crippen molar-refractivity contribution in [3.05, 3.63) is 53.7 Å². The molecule has 1 aromatic rings. The normalized spacial score (nSPS) is 21.4. The minimum atomic E-state index is 0.0370. The lowest BCUT2D eigenvalue weighted by molar-refractivity contribution is 0.0827. The van der Waals surface area contributed by atoms with Crippen molar-refractivity contribution in [2.24, 2.45) is 5.92 Å². The summed E-state index contributed by atoms with van der Waals surface area (Å²) in [7, 11) is 3.57. The van der Waals surface area contributed by atoms with Crippen LogP contribution in [0.25, 0.3) is 5.57 Å². The highest BCUT2D eigenvalue weighted by atomic mass is 16.2. The summed E-state index contributed by atoms with van der Waals surface area (Å²) in [5, 5.41) is 3.59. The largest absolute Gasteiger partial charge is 0.384 e. The minimum Gasteiger partial charge on any atom is -0.384 e. The number of piperidine rings is 1. The molecule has 0 spiro atoms. The number of rotatable bonds is 4. The Labute approximate surface area is 157 Å². The van der Waals surface area contributed by atoms with Crippen molar-refractivity contribution in [2.45, 2.75) is 38.8 Å². The van der Waals surface area contributed by atoms with Crippen LogP contribution in [0.2, 0.25) is 0 Å². The lowest BCUT2D eigenvalue weighted by atomic mass is 9.87. The summed E-state index contributed by atoms with van der Waals surface area (Å²) in [5.74, 6) is 0.732. The van der Waals surface area contributed by atoms with E-state index in [9.17, 15) is 4.79 Å². The molecular weight excluding hydrogens is 322 g/mol. The van der Waals surface area contributed by atoms with Crippen molar-refractivity contribution in [2.75, 3.05) is 27.2 Å². The summed E-state index contributed by atoms with van der Waals surface area (Å²) < 4.78 is 0. The van der Waals surface area contributed by atoms with Gasteiger partial charge in [0.05, 0.1) is 0 Å². The third kappa shape index (κ3) is 4.18. The maximum atomic E-state index is 12.2. The fraction of sp³-hybridized carbons (Fsp3) is 0.500. The van der Waals surface area contributed by atoms with Gasteiger partial charge in [0.1, 0.15) is 0 Å². The number of carbonyl (C=O) groups is 1. The molecule has 2 heterocycles. The highest BCUT2D eigenvalue weighted by Crippen LogP contribution is 2.27. The fourth-order valence-electron chi connectivity index (χ4n) is 3.85. The zero-order chi connectivity index (χ0) is 18.7. The van der Waals surface area contributed by atoms with Gasteiger partial charge in [0.15, 0.2) is 0 Å². The molecule has 0 bridgehead atoms. The van der Waals surface area contributed by atoms with E-state index < -0.39 is 0 Å². The maximum Gasteiger partial charge on any atom is 0.253 e. The number of benzene rings is 1. The van der Waals surface area contributed by atoms with Crippen LogP contribution < -0.4 is 5.32 Å². The van der Waals surface area contributed by atoms with Crippen LogP contribution in [0.15, 0.2) is 42.6 Å². The first-order valence-electron chi connectivity index (χ1n) is 9.66. The Balaban J connectivity index is 1.63. The van der Waals surface area contributed by atoms with Crippen molar-refractivity contribution in [1.29, 1.82) is 0 Å². The second-order valence-corrected chi connectivity index (χ2v) is 7.90. The van der Waals surface area contributed by atoms with Crippen LogP contribution in [-0.4, -0.2) is 55.0 Å². The van der Waals surface area contributed by atoms with Gasteiger partial charge in [0.2, 0.25) is 0 Å². The predicted octanol–water partition coefficient (Wildman–Crippen LogP) is 3.38. The molecule has 1 aromatic carbocycles. The van der Waals surface area contributed by atoms with Gasteiger partial charge < -0.3 is 15.1 Å². The number of carbonyl (C=O) groups excluding carboxylic acids is 1. The quantitative estimate of drug-likeness (QED) is 0.901. The SMILES string of the molecule is CC(C)N1CCC(C2C=CC(c3cccc(C(=O)N(C)C)c3)=CN2)CC1. The van der Waals surface area contributed by atoms with E-state index in [-0.39, 0.29) is 5.91 Å². The smallest absolute Gasteiger partial charge is 0.253 e. The number of likely N-dealkylation sites (tertiary alicyclic amines) is 1. The maximum absolute atomic E-state index is 12.2. The number of allylic oxidation sites excluding steroid dienone is 2. The van der Waals surface area contributed by atoms with E-state index >= 15 is 0 Å². The van der Waals surface area contributed by atoms with Gasteiger partial charge in [-0.3, -0.25) is 4.79 Å². The fourth-order valence-corrected chi connectivity index (χ4v) is 3.85. The molecule has 0 aromatic heterocycles. The van der Waals surface area contributed by atoms with E-state index in [2.05, 4.69) is 48.5 Å². The molecule has 1 fully saturated rings. The van der Waals surface area contributed by atoms with Crippen molar-refractivity contribution in [1.82, 2.24) is 15.1 Å². The topological polar surface area (TPSA) is 35.6 Å². The summed E-state index contributed by atoms with van der Waals surface area (Å²) in [6.07, 6.45) is 9.10. The molecule has 140 valence electrons. The number of nitrogens with zero attached hydrogens (tertiary/aromatic N) is 2. The number of hydrogen-bond donors (Lipinski definition) is 1. The summed E-state index contributed by atoms with van der Waals surface area (Å²) in [4.78, 5) is 16.4. The van der Waals surface area contributed by atoms with E-state index in [0.29, 0.717) is 18.0 Å². The summed E-state index contributed by atoms with van der Waals surface area (Å²) in [6.45, 7) is 6.95. The van der Waals surface area contributed by atoms with E-state index in [1.54, 1.807) is 19.0 Å². The van der Waals surface area contributed by atoms with Gasteiger partial charge >= 0.3 is 0 Å². The van der Waals surface area contributed by atoms with Gasteiger partial charge in [-0.2, -0.15) is 0 Å². The van der Waals surface area contributed by atoms with Crippen molar-refractivity contribution >= 4 is 11.5 Å². The lowest BCUT2D eigenvalue weighted by Gasteiger charge is -2.38. The molecule has 4 nitrogen and oxygen atoms in total. The Morgan fingerprint density at radius 2 is 1.96 bits per heavy atom. The van der Waals surface area contributed by atoms with E-state index in [4.69, 9.17) is 0 Å². The lowest BCUT2D eigenvalue weighted by Crippen LogP contribution is -2.44. The van der Waals surface area contributed by atoms with E-state index in [1.165, 1.54) is 25.9 Å². The average Bonchev–Trinajstić information content (AvgIpc) is 2.67. The molecule has 1 saturated heterocycles. The Bertz CT molecular complexity index is 697. The highest BCUT2D eigenvalue weighted by molar-refractivity contribution is 5.95. The average molecular weight is 354 g/mol. The molecule has 1 atom stereocenters. The van der Waals surface area contributed by atoms with Gasteiger partial charge in [-0.1, -0.05) is 24.3 Å². The first kappa shape index (κ1) is 18.7. The molecule has 2 aliphatic rings. The second-order valence-electron chi connectivity index (χ2n) is 7.90. The molecule has 1 amide bonds. The first-order chi connectivity index (χ1) is 12.5. The van der Waals surface area contributed by atoms with Gasteiger partial charge in [-0.25, -0.2) is 0 Å². The van der Waals surface area contributed by atoms with Crippen LogP contribution in [0.1, 0.15) is 42.6 Å². The monoisotopic (exact) mass is 353 g/mol. The Kier molecular flexibility index (Phi) is 5.82. The van der Waals surface area contributed by atoms with Crippen LogP contribution in [0, 0.1) is 5.92 Å². The Hall–Kier alpha value is -2.07. The Morgan fingerprint density at radius 3 is 2.54 bits per heavy atom. The third-order valence-corrected chi connectivity index (χ3v) is 5.58. The molecule has 0 aliphatic carbocycles. The molecule has 26 heavy (non-hydrogen) atoms. The van der Waals surface area contributed by atoms with Gasteiger partial charge in [0.25, 0.3) is 5.91 Å². The number of hydrogen-bond acceptors (Lipinski definition) is 3. The first-order valence-corrected chi connectivity index (χ1v) is 9.66. The van der Waals surface area contributed by atoms with Crippen molar-refractivity contribution in [3.8, 4) is 0 Å². The second kappa shape index (κ2) is 8.09. The molecule has 0 saturated carbocycles. The third-order valence-electron chi connectivity index (χ3n) is 5.58. The van der Waals surface area contributed by atoms with Crippen LogP contribution in [0.3, 0.4) is 0 Å². The molecule has 4 heteroatoms. The zero-order valence-corrected chi connectivity index (χ0v) is 16.4. The number of dihydropyridines is 1. The zero-order valence-electron chi connectivity index (χ0n) is 16.4. The standard InChI is InChI=1S/C22H31N3O/c1-16(2)25-12-10-17(11-13-25)21-9-8-20(15-23-21)18-6-5-7-19(14-18)22(26)24(3)4/h5-9,14-17,21,23H,10-13H2,1-4H3. The molecule has 1 N–H and O–H groups in total. The molecule has 1 unspecified atom stereocenters. The summed E-state index contributed by atoms with van der Waals surface area (Å²) >= 11 is 0. The molecule has 3 rings (SSSR count). The summed E-state index contributed by atoms with van der Waals surface area (Å²) in [6, 6.07) is 8.92.